The zero-order valence-corrected chi connectivity index (χ0v) is 41.7. The number of carboxylic acid groups (broad SMARTS) is 2. The van der Waals surface area contributed by atoms with Crippen LogP contribution in [-0.4, -0.2) is 22.2 Å². The Kier molecular flexibility index (Phi) is 18.5. The Bertz CT molecular complexity index is 2840. The number of unbranched alkanes of at least 4 members (excludes halogenated alkanes) is 10. The normalized spacial score (nSPS) is 12.9. The van der Waals surface area contributed by atoms with Crippen molar-refractivity contribution < 1.29 is 19.8 Å². The minimum absolute atomic E-state index is 0.0690. The van der Waals surface area contributed by atoms with Crippen molar-refractivity contribution in [2.24, 2.45) is 0 Å². The van der Waals surface area contributed by atoms with Gasteiger partial charge in [0.15, 0.2) is 0 Å². The average molecular weight is 952 g/mol. The van der Waals surface area contributed by atoms with Crippen LogP contribution in [0.4, 0.5) is 17.1 Å². The number of aliphatic carboxylic acids is 2. The van der Waals surface area contributed by atoms with Crippen molar-refractivity contribution >= 4 is 65.5 Å². The van der Waals surface area contributed by atoms with E-state index in [9.17, 15) is 19.8 Å². The Morgan fingerprint density at radius 2 is 0.819 bits per heavy atom. The fourth-order valence-electron chi connectivity index (χ4n) is 9.97. The number of anilines is 3. The number of benzene rings is 6. The number of carboxylic acids is 2. The van der Waals surface area contributed by atoms with Crippen LogP contribution in [0.25, 0.3) is 57.3 Å². The third-order valence-electron chi connectivity index (χ3n) is 13.8. The van der Waals surface area contributed by atoms with Crippen LogP contribution in [0.3, 0.4) is 0 Å². The van der Waals surface area contributed by atoms with E-state index in [0.717, 1.165) is 52.2 Å². The highest BCUT2D eigenvalue weighted by Crippen LogP contribution is 2.55. The summed E-state index contributed by atoms with van der Waals surface area (Å²) in [6, 6.07) is 48.5. The smallest absolute Gasteiger partial charge is 0.333 e. The number of rotatable bonds is 25. The van der Waals surface area contributed by atoms with Gasteiger partial charge in [0.05, 0.1) is 13.1 Å². The Morgan fingerprint density at radius 3 is 1.24 bits per heavy atom. The van der Waals surface area contributed by atoms with Gasteiger partial charge in [0.25, 0.3) is 11.4 Å². The second-order valence-electron chi connectivity index (χ2n) is 18.8. The molecule has 0 bridgehead atoms. The van der Waals surface area contributed by atoms with Crippen molar-refractivity contribution in [2.45, 2.75) is 109 Å². The van der Waals surface area contributed by atoms with Crippen LogP contribution in [0.5, 0.6) is 0 Å². The second-order valence-corrected chi connectivity index (χ2v) is 18.8. The van der Waals surface area contributed by atoms with Crippen molar-refractivity contribution in [2.75, 3.05) is 4.90 Å². The lowest BCUT2D eigenvalue weighted by Crippen LogP contribution is -2.26. The molecule has 0 radical (unpaired) electrons. The van der Waals surface area contributed by atoms with Crippen LogP contribution < -0.4 is 4.90 Å². The highest BCUT2D eigenvalue weighted by molar-refractivity contribution is 5.95. The molecule has 1 aliphatic rings. The van der Waals surface area contributed by atoms with Crippen LogP contribution in [0.1, 0.15) is 148 Å². The van der Waals surface area contributed by atoms with Crippen LogP contribution in [0.15, 0.2) is 151 Å². The summed E-state index contributed by atoms with van der Waals surface area (Å²) in [7, 11) is 0. The van der Waals surface area contributed by atoms with Gasteiger partial charge in [-0.25, -0.2) is 9.69 Å². The molecule has 0 amide bonds. The largest absolute Gasteiger partial charge is 0.486 e. The van der Waals surface area contributed by atoms with Gasteiger partial charge in [0.1, 0.15) is 0 Å². The van der Waals surface area contributed by atoms with Gasteiger partial charge in [0.2, 0.25) is 0 Å². The van der Waals surface area contributed by atoms with Gasteiger partial charge in [0, 0.05) is 22.5 Å². The highest BCUT2D eigenvalue weighted by atomic mass is 16.4. The fourth-order valence-corrected chi connectivity index (χ4v) is 9.97. The summed E-state index contributed by atoms with van der Waals surface area (Å²) in [4.78, 5) is 31.3. The predicted molar refractivity (Wildman–Crippen MR) is 298 cm³/mol. The monoisotopic (exact) mass is 951 g/mol. The molecule has 7 heteroatoms. The molecular weight excluding hydrogens is 887 g/mol. The molecule has 0 fully saturated rings. The summed E-state index contributed by atoms with van der Waals surface area (Å²) in [6.07, 6.45) is 28.4. The van der Waals surface area contributed by atoms with Crippen LogP contribution in [-0.2, 0) is 15.0 Å². The Balaban J connectivity index is 1.23. The minimum Gasteiger partial charge on any atom is -0.486 e. The van der Waals surface area contributed by atoms with Crippen molar-refractivity contribution in [1.82, 2.24) is 0 Å². The quantitative estimate of drug-likeness (QED) is 0.0258. The number of carbonyl (C=O) groups is 2. The summed E-state index contributed by atoms with van der Waals surface area (Å²) in [5, 5.41) is 18.6. The molecule has 364 valence electrons. The van der Waals surface area contributed by atoms with E-state index in [1.165, 1.54) is 111 Å². The summed E-state index contributed by atoms with van der Waals surface area (Å²) >= 11 is 0. The van der Waals surface area contributed by atoms with Gasteiger partial charge in [-0.3, -0.25) is 9.59 Å². The third-order valence-corrected chi connectivity index (χ3v) is 13.8. The molecule has 1 aliphatic carbocycles. The lowest BCUT2D eigenvalue weighted by molar-refractivity contribution is -0.133. The van der Waals surface area contributed by atoms with E-state index in [2.05, 4.69) is 132 Å². The van der Waals surface area contributed by atoms with Gasteiger partial charge in [-0.15, -0.1) is 0 Å². The Morgan fingerprint density at radius 1 is 0.458 bits per heavy atom. The van der Waals surface area contributed by atoms with Crippen LogP contribution in [0, 0.1) is 13.1 Å². The third kappa shape index (κ3) is 13.2. The molecule has 0 atom stereocenters. The van der Waals surface area contributed by atoms with Crippen LogP contribution >= 0.6 is 0 Å². The van der Waals surface area contributed by atoms with Crippen molar-refractivity contribution in [3.05, 3.63) is 218 Å². The van der Waals surface area contributed by atoms with E-state index < -0.39 is 11.9 Å². The first kappa shape index (κ1) is 51.8. The maximum atomic E-state index is 11.4. The molecule has 7 nitrogen and oxygen atoms in total. The molecule has 0 aromatic heterocycles. The predicted octanol–water partition coefficient (Wildman–Crippen LogP) is 18.0. The summed E-state index contributed by atoms with van der Waals surface area (Å²) in [5.41, 5.74) is 13.4. The maximum absolute atomic E-state index is 11.4. The molecule has 0 saturated carbocycles. The van der Waals surface area contributed by atoms with Gasteiger partial charge in [-0.05, 0) is 117 Å². The molecule has 0 heterocycles. The van der Waals surface area contributed by atoms with E-state index in [4.69, 9.17) is 13.1 Å². The summed E-state index contributed by atoms with van der Waals surface area (Å²) in [5.74, 6) is -2.48. The molecule has 0 unspecified atom stereocenters. The number of hydrogen-bond donors (Lipinski definition) is 2. The number of nitrogens with zero attached hydrogens (tertiary/aromatic N) is 3. The van der Waals surface area contributed by atoms with Crippen molar-refractivity contribution in [3.8, 4) is 11.1 Å². The Hall–Kier alpha value is -8.00. The summed E-state index contributed by atoms with van der Waals surface area (Å²) in [6.45, 7) is 18.9. The standard InChI is InChI=1S/C65H65N3O4/c1-5-7-9-11-13-17-43-65(44-18-14-12-10-8-6-2)59-20-16-15-19-57(59)58-42-41-56(47-60(58)65)68(54-37-33-50(34-38-54)23-21-48-25-29-52(30-26-48)45-61(66-3)63(69)70)55-39-35-51(36-40-55)24-22-49-27-31-53(32-28-49)46-62(67-4)64(71)72/h15-16,19-42,45-47H,5-14,17-18,43-44H2,1-2H3,(H,69,70)(H,71,72). The Labute approximate surface area is 426 Å². The van der Waals surface area contributed by atoms with Gasteiger partial charge in [-0.2, -0.15) is 0 Å². The number of hydrogen-bond acceptors (Lipinski definition) is 3. The minimum atomic E-state index is -1.24. The first-order chi connectivity index (χ1) is 35.2. The maximum Gasteiger partial charge on any atom is 0.333 e. The van der Waals surface area contributed by atoms with Crippen LogP contribution in [0.2, 0.25) is 0 Å². The lowest BCUT2D eigenvalue weighted by atomic mass is 9.70. The summed E-state index contributed by atoms with van der Waals surface area (Å²) < 4.78 is 0. The molecule has 0 spiro atoms. The number of fused-ring (bicyclic) bond motifs is 3. The molecule has 72 heavy (non-hydrogen) atoms. The molecule has 7 rings (SSSR count). The fraction of sp³-hybridized carbons (Fsp3) is 0.262. The van der Waals surface area contributed by atoms with E-state index in [0.29, 0.717) is 11.1 Å². The van der Waals surface area contributed by atoms with Crippen molar-refractivity contribution in [3.63, 3.8) is 0 Å². The molecule has 0 saturated heterocycles. The lowest BCUT2D eigenvalue weighted by Gasteiger charge is -2.34. The molecule has 2 N–H and O–H groups in total. The first-order valence-corrected chi connectivity index (χ1v) is 25.6. The van der Waals surface area contributed by atoms with E-state index in [1.54, 1.807) is 0 Å². The second kappa shape index (κ2) is 25.7. The van der Waals surface area contributed by atoms with Crippen molar-refractivity contribution in [1.29, 1.82) is 0 Å². The highest BCUT2D eigenvalue weighted by Gasteiger charge is 2.42. The zero-order valence-electron chi connectivity index (χ0n) is 41.7. The molecule has 6 aromatic carbocycles. The molecule has 0 aliphatic heterocycles. The molecular formula is C65H65N3O4. The average Bonchev–Trinajstić information content (AvgIpc) is 3.67. The topological polar surface area (TPSA) is 86.6 Å². The van der Waals surface area contributed by atoms with Gasteiger partial charge >= 0.3 is 11.9 Å². The van der Waals surface area contributed by atoms with Gasteiger partial charge < -0.3 is 15.1 Å². The zero-order chi connectivity index (χ0) is 50.7. The SMILES string of the molecule is [C-]#[N+]C(=Cc1ccc(C=Cc2ccc(N(c3ccc(C=Cc4ccc(C=C([N+]#[C-])C(=O)O)cc4)cc3)c3ccc4c(c3)C(CCCCCCCC)(CCCCCCCC)c3ccccc3-4)cc2)cc1)C(=O)O. The van der Waals surface area contributed by atoms with E-state index in [-0.39, 0.29) is 16.8 Å². The molecule has 6 aromatic rings. The van der Waals surface area contributed by atoms with Gasteiger partial charge in [-0.1, -0.05) is 218 Å². The van der Waals surface area contributed by atoms with E-state index >= 15 is 0 Å². The first-order valence-electron chi connectivity index (χ1n) is 25.6. The van der Waals surface area contributed by atoms with E-state index in [1.807, 2.05) is 60.7 Å².